The first kappa shape index (κ1) is 13.4. The van der Waals surface area contributed by atoms with Crippen molar-refractivity contribution < 1.29 is 4.79 Å². The highest BCUT2D eigenvalue weighted by atomic mass is 16.1. The number of carbonyl (C=O) groups excluding carboxylic acids is 1. The third kappa shape index (κ3) is 2.55. The average Bonchev–Trinajstić information content (AvgIpc) is 2.86. The smallest absolute Gasteiger partial charge is 0.253 e. The predicted molar refractivity (Wildman–Crippen MR) is 85.2 cm³/mol. The molecule has 3 nitrogen and oxygen atoms in total. The number of hydrogen-bond donors (Lipinski definition) is 1. The van der Waals surface area contributed by atoms with E-state index < -0.39 is 0 Å². The van der Waals surface area contributed by atoms with Gasteiger partial charge in [0, 0.05) is 24.1 Å². The fourth-order valence-corrected chi connectivity index (χ4v) is 2.62. The molecule has 1 heterocycles. The third-order valence-electron chi connectivity index (χ3n) is 3.79. The fraction of sp³-hybridized carbons (Fsp3) is 0.167. The molecule has 0 bridgehead atoms. The number of para-hydroxylation sites is 1. The van der Waals surface area contributed by atoms with E-state index >= 15 is 0 Å². The normalized spacial score (nSPS) is 12.3. The van der Waals surface area contributed by atoms with Crippen molar-refractivity contribution >= 4 is 16.8 Å². The Labute approximate surface area is 124 Å². The molecule has 3 heteroatoms. The van der Waals surface area contributed by atoms with Crippen molar-refractivity contribution in [3.05, 3.63) is 71.9 Å². The molecule has 2 aromatic carbocycles. The van der Waals surface area contributed by atoms with Crippen LogP contribution < -0.4 is 5.32 Å². The van der Waals surface area contributed by atoms with Gasteiger partial charge in [0.25, 0.3) is 5.91 Å². The topological polar surface area (TPSA) is 34.0 Å². The molecule has 1 atom stereocenters. The number of aromatic nitrogens is 1. The van der Waals surface area contributed by atoms with E-state index in [1.165, 1.54) is 0 Å². The van der Waals surface area contributed by atoms with Crippen molar-refractivity contribution in [1.29, 1.82) is 0 Å². The van der Waals surface area contributed by atoms with Gasteiger partial charge in [-0.25, -0.2) is 0 Å². The number of amides is 1. The molecule has 1 aromatic heterocycles. The highest BCUT2D eigenvalue weighted by Crippen LogP contribution is 2.21. The summed E-state index contributed by atoms with van der Waals surface area (Å²) < 4.78 is 1.98. The minimum absolute atomic E-state index is 0.0160. The number of fused-ring (bicyclic) bond motifs is 1. The van der Waals surface area contributed by atoms with Crippen LogP contribution in [-0.2, 0) is 7.05 Å². The third-order valence-corrected chi connectivity index (χ3v) is 3.79. The van der Waals surface area contributed by atoms with Gasteiger partial charge in [-0.2, -0.15) is 0 Å². The van der Waals surface area contributed by atoms with Crippen molar-refractivity contribution in [2.24, 2.45) is 7.05 Å². The quantitative estimate of drug-likeness (QED) is 0.779. The molecule has 0 fully saturated rings. The van der Waals surface area contributed by atoms with Crippen molar-refractivity contribution in [2.45, 2.75) is 13.0 Å². The van der Waals surface area contributed by atoms with Gasteiger partial charge in [0.2, 0.25) is 0 Å². The lowest BCUT2D eigenvalue weighted by atomic mass is 10.1. The molecule has 0 saturated carbocycles. The second kappa shape index (κ2) is 5.44. The number of nitrogens with zero attached hydrogens (tertiary/aromatic N) is 1. The van der Waals surface area contributed by atoms with Crippen molar-refractivity contribution in [2.75, 3.05) is 0 Å². The zero-order valence-corrected chi connectivity index (χ0v) is 12.2. The van der Waals surface area contributed by atoms with Gasteiger partial charge in [-0.1, -0.05) is 48.5 Å². The number of carbonyl (C=O) groups is 1. The molecule has 106 valence electrons. The lowest BCUT2D eigenvalue weighted by molar-refractivity contribution is 0.0941. The monoisotopic (exact) mass is 278 g/mol. The molecule has 1 unspecified atom stereocenters. The van der Waals surface area contributed by atoms with E-state index in [1.54, 1.807) is 0 Å². The van der Waals surface area contributed by atoms with Crippen molar-refractivity contribution in [3.8, 4) is 0 Å². The summed E-state index contributed by atoms with van der Waals surface area (Å²) in [5.74, 6) is -0.0387. The molecule has 3 rings (SSSR count). The summed E-state index contributed by atoms with van der Waals surface area (Å²) >= 11 is 0. The van der Waals surface area contributed by atoms with Crippen LogP contribution in [0.5, 0.6) is 0 Å². The predicted octanol–water partition coefficient (Wildman–Crippen LogP) is 3.67. The maximum Gasteiger partial charge on any atom is 0.253 e. The summed E-state index contributed by atoms with van der Waals surface area (Å²) in [6, 6.07) is 17.9. The Morgan fingerprint density at radius 2 is 1.71 bits per heavy atom. The molecule has 0 aliphatic heterocycles. The van der Waals surface area contributed by atoms with E-state index in [0.717, 1.165) is 22.0 Å². The van der Waals surface area contributed by atoms with E-state index in [-0.39, 0.29) is 11.9 Å². The van der Waals surface area contributed by atoms with Crippen LogP contribution in [0.2, 0.25) is 0 Å². The zero-order valence-electron chi connectivity index (χ0n) is 12.2. The highest BCUT2D eigenvalue weighted by Gasteiger charge is 2.16. The Bertz CT molecular complexity index is 774. The number of aryl methyl sites for hydroxylation is 1. The van der Waals surface area contributed by atoms with Gasteiger partial charge in [0.05, 0.1) is 11.6 Å². The standard InChI is InChI=1S/C18H18N2O/c1-13(14-8-4-3-5-9-14)19-18(21)16-12-20(2)17-11-7-6-10-15(16)17/h3-13H,1-2H3,(H,19,21). The van der Waals surface area contributed by atoms with E-state index in [0.29, 0.717) is 0 Å². The van der Waals surface area contributed by atoms with Crippen LogP contribution in [-0.4, -0.2) is 10.5 Å². The Kier molecular flexibility index (Phi) is 3.48. The second-order valence-corrected chi connectivity index (χ2v) is 5.28. The van der Waals surface area contributed by atoms with Crippen LogP contribution in [0.3, 0.4) is 0 Å². The fourth-order valence-electron chi connectivity index (χ4n) is 2.62. The lowest BCUT2D eigenvalue weighted by Crippen LogP contribution is -2.26. The van der Waals surface area contributed by atoms with E-state index in [4.69, 9.17) is 0 Å². The summed E-state index contributed by atoms with van der Waals surface area (Å²) in [6.07, 6.45) is 1.89. The van der Waals surface area contributed by atoms with Gasteiger partial charge in [-0.3, -0.25) is 4.79 Å². The first-order valence-electron chi connectivity index (χ1n) is 7.06. The van der Waals surface area contributed by atoms with E-state index in [2.05, 4.69) is 5.32 Å². The van der Waals surface area contributed by atoms with Gasteiger partial charge in [-0.15, -0.1) is 0 Å². The zero-order chi connectivity index (χ0) is 14.8. The van der Waals surface area contributed by atoms with Crippen LogP contribution in [0, 0.1) is 0 Å². The maximum atomic E-state index is 12.5. The molecule has 0 aliphatic rings. The Morgan fingerprint density at radius 1 is 1.05 bits per heavy atom. The lowest BCUT2D eigenvalue weighted by Gasteiger charge is -2.13. The molecule has 0 spiro atoms. The molecular formula is C18H18N2O. The molecule has 0 saturated heterocycles. The minimum Gasteiger partial charge on any atom is -0.350 e. The molecule has 0 radical (unpaired) electrons. The van der Waals surface area contributed by atoms with Gasteiger partial charge < -0.3 is 9.88 Å². The summed E-state index contributed by atoms with van der Waals surface area (Å²) in [5, 5.41) is 4.05. The van der Waals surface area contributed by atoms with E-state index in [9.17, 15) is 4.79 Å². The molecule has 0 aliphatic carbocycles. The SMILES string of the molecule is CC(NC(=O)c1cn(C)c2ccccc12)c1ccccc1. The molecule has 1 N–H and O–H groups in total. The van der Waals surface area contributed by atoms with Crippen LogP contribution >= 0.6 is 0 Å². The highest BCUT2D eigenvalue weighted by molar-refractivity contribution is 6.07. The molecular weight excluding hydrogens is 260 g/mol. The maximum absolute atomic E-state index is 12.5. The van der Waals surface area contributed by atoms with Gasteiger partial charge in [0.1, 0.15) is 0 Å². The second-order valence-electron chi connectivity index (χ2n) is 5.28. The van der Waals surface area contributed by atoms with Gasteiger partial charge >= 0.3 is 0 Å². The van der Waals surface area contributed by atoms with Crippen molar-refractivity contribution in [1.82, 2.24) is 9.88 Å². The molecule has 1 amide bonds. The first-order chi connectivity index (χ1) is 10.2. The summed E-state index contributed by atoms with van der Waals surface area (Å²) in [6.45, 7) is 2.00. The number of hydrogen-bond acceptors (Lipinski definition) is 1. The number of benzene rings is 2. The van der Waals surface area contributed by atoms with Crippen LogP contribution in [0.1, 0.15) is 28.9 Å². The Balaban J connectivity index is 1.88. The van der Waals surface area contributed by atoms with Crippen LogP contribution in [0.15, 0.2) is 60.8 Å². The summed E-state index contributed by atoms with van der Waals surface area (Å²) in [5.41, 5.74) is 2.89. The van der Waals surface area contributed by atoms with Gasteiger partial charge in [0.15, 0.2) is 0 Å². The summed E-state index contributed by atoms with van der Waals surface area (Å²) in [4.78, 5) is 12.5. The average molecular weight is 278 g/mol. The summed E-state index contributed by atoms with van der Waals surface area (Å²) in [7, 11) is 1.96. The molecule has 21 heavy (non-hydrogen) atoms. The molecule has 3 aromatic rings. The van der Waals surface area contributed by atoms with Crippen molar-refractivity contribution in [3.63, 3.8) is 0 Å². The van der Waals surface area contributed by atoms with Gasteiger partial charge in [-0.05, 0) is 18.6 Å². The Hall–Kier alpha value is -2.55. The largest absolute Gasteiger partial charge is 0.350 e. The first-order valence-corrected chi connectivity index (χ1v) is 7.06. The van der Waals surface area contributed by atoms with Crippen LogP contribution in [0.25, 0.3) is 10.9 Å². The minimum atomic E-state index is -0.0387. The number of rotatable bonds is 3. The van der Waals surface area contributed by atoms with E-state index in [1.807, 2.05) is 79.3 Å². The number of nitrogens with one attached hydrogen (secondary N) is 1. The van der Waals surface area contributed by atoms with Crippen LogP contribution in [0.4, 0.5) is 0 Å². The Morgan fingerprint density at radius 3 is 2.48 bits per heavy atom.